The minimum atomic E-state index is -0.0568. The maximum Gasteiger partial charge on any atom is 0.254 e. The number of aryl methyl sites for hydroxylation is 2. The maximum atomic E-state index is 12.5. The molecule has 1 saturated heterocycles. The number of morpholine rings is 1. The van der Waals surface area contributed by atoms with Gasteiger partial charge >= 0.3 is 0 Å². The molecule has 0 aromatic heterocycles. The van der Waals surface area contributed by atoms with Crippen molar-refractivity contribution in [1.82, 2.24) is 4.90 Å². The summed E-state index contributed by atoms with van der Waals surface area (Å²) in [7, 11) is 0. The lowest BCUT2D eigenvalue weighted by Gasteiger charge is -2.36. The SMILES string of the molecule is Cc1cc(C)cc(C(=O)N2CC(C)OC(CN)C2)c1. The zero-order chi connectivity index (χ0) is 14.0. The van der Waals surface area contributed by atoms with Gasteiger partial charge in [-0.3, -0.25) is 4.79 Å². The molecule has 0 radical (unpaired) electrons. The van der Waals surface area contributed by atoms with E-state index in [4.69, 9.17) is 10.5 Å². The van der Waals surface area contributed by atoms with Crippen molar-refractivity contribution in [1.29, 1.82) is 0 Å². The van der Waals surface area contributed by atoms with Crippen LogP contribution in [0, 0.1) is 13.8 Å². The molecular weight excluding hydrogens is 240 g/mol. The number of carbonyl (C=O) groups is 1. The number of amides is 1. The third-order valence-corrected chi connectivity index (χ3v) is 3.35. The molecule has 104 valence electrons. The first-order valence-corrected chi connectivity index (χ1v) is 6.72. The summed E-state index contributed by atoms with van der Waals surface area (Å²) < 4.78 is 5.68. The molecule has 0 spiro atoms. The molecule has 4 nitrogen and oxygen atoms in total. The molecule has 2 atom stereocenters. The van der Waals surface area contributed by atoms with Crippen LogP contribution in [0.3, 0.4) is 0 Å². The number of rotatable bonds is 2. The largest absolute Gasteiger partial charge is 0.370 e. The summed E-state index contributed by atoms with van der Waals surface area (Å²) in [5, 5.41) is 0. The Morgan fingerprint density at radius 2 is 1.95 bits per heavy atom. The Labute approximate surface area is 114 Å². The molecule has 0 bridgehead atoms. The van der Waals surface area contributed by atoms with Crippen molar-refractivity contribution >= 4 is 5.91 Å². The second-order valence-corrected chi connectivity index (χ2v) is 5.39. The lowest BCUT2D eigenvalue weighted by atomic mass is 10.1. The number of carbonyl (C=O) groups excluding carboxylic acids is 1. The second kappa shape index (κ2) is 5.72. The first kappa shape index (κ1) is 14.0. The van der Waals surface area contributed by atoms with Crippen molar-refractivity contribution in [3.8, 4) is 0 Å². The van der Waals surface area contributed by atoms with Crippen molar-refractivity contribution in [2.45, 2.75) is 33.0 Å². The molecule has 4 heteroatoms. The number of nitrogens with zero attached hydrogens (tertiary/aromatic N) is 1. The molecule has 0 saturated carbocycles. The summed E-state index contributed by atoms with van der Waals surface area (Å²) in [5.41, 5.74) is 8.63. The molecule has 1 aromatic rings. The molecule has 19 heavy (non-hydrogen) atoms. The van der Waals surface area contributed by atoms with E-state index in [2.05, 4.69) is 6.07 Å². The van der Waals surface area contributed by atoms with Crippen LogP contribution in [-0.4, -0.2) is 42.6 Å². The normalized spacial score (nSPS) is 23.5. The van der Waals surface area contributed by atoms with Gasteiger partial charge < -0.3 is 15.4 Å². The highest BCUT2D eigenvalue weighted by molar-refractivity contribution is 5.94. The summed E-state index contributed by atoms with van der Waals surface area (Å²) in [4.78, 5) is 14.4. The lowest BCUT2D eigenvalue weighted by molar-refractivity contribution is -0.0625. The number of ether oxygens (including phenoxy) is 1. The molecule has 1 amide bonds. The van der Waals surface area contributed by atoms with Crippen LogP contribution >= 0.6 is 0 Å². The predicted octanol–water partition coefficient (Wildman–Crippen LogP) is 1.49. The summed E-state index contributed by atoms with van der Waals surface area (Å²) in [6.07, 6.45) is -0.0178. The third-order valence-electron chi connectivity index (χ3n) is 3.35. The van der Waals surface area contributed by atoms with Gasteiger partial charge in [-0.2, -0.15) is 0 Å². The fourth-order valence-electron chi connectivity index (χ4n) is 2.62. The van der Waals surface area contributed by atoms with Crippen LogP contribution < -0.4 is 5.73 Å². The van der Waals surface area contributed by atoms with Crippen LogP contribution in [0.25, 0.3) is 0 Å². The highest BCUT2D eigenvalue weighted by Crippen LogP contribution is 2.16. The van der Waals surface area contributed by atoms with E-state index < -0.39 is 0 Å². The Hall–Kier alpha value is -1.39. The Bertz CT molecular complexity index is 453. The van der Waals surface area contributed by atoms with Gasteiger partial charge in [0.15, 0.2) is 0 Å². The standard InChI is InChI=1S/C15H22N2O2/c1-10-4-11(2)6-13(5-10)15(18)17-8-12(3)19-14(7-16)9-17/h4-6,12,14H,7-9,16H2,1-3H3. The minimum Gasteiger partial charge on any atom is -0.370 e. The molecule has 1 aliphatic heterocycles. The molecule has 1 aliphatic rings. The molecule has 1 fully saturated rings. The molecule has 1 aromatic carbocycles. The molecular formula is C15H22N2O2. The van der Waals surface area contributed by atoms with E-state index in [-0.39, 0.29) is 18.1 Å². The quantitative estimate of drug-likeness (QED) is 0.878. The summed E-state index contributed by atoms with van der Waals surface area (Å²) >= 11 is 0. The van der Waals surface area contributed by atoms with Crippen LogP contribution in [0.4, 0.5) is 0 Å². The number of nitrogens with two attached hydrogens (primary N) is 1. The van der Waals surface area contributed by atoms with Gasteiger partial charge in [0.2, 0.25) is 0 Å². The smallest absolute Gasteiger partial charge is 0.254 e. The van der Waals surface area contributed by atoms with E-state index in [0.29, 0.717) is 19.6 Å². The van der Waals surface area contributed by atoms with E-state index in [1.54, 1.807) is 0 Å². The zero-order valence-electron chi connectivity index (χ0n) is 11.8. The Morgan fingerprint density at radius 1 is 1.32 bits per heavy atom. The maximum absolute atomic E-state index is 12.5. The van der Waals surface area contributed by atoms with E-state index in [1.165, 1.54) is 0 Å². The van der Waals surface area contributed by atoms with Crippen LogP contribution in [0.15, 0.2) is 18.2 Å². The van der Waals surface area contributed by atoms with E-state index >= 15 is 0 Å². The Balaban J connectivity index is 2.18. The van der Waals surface area contributed by atoms with E-state index in [9.17, 15) is 4.79 Å². The van der Waals surface area contributed by atoms with Gasteiger partial charge in [-0.25, -0.2) is 0 Å². The highest BCUT2D eigenvalue weighted by Gasteiger charge is 2.28. The van der Waals surface area contributed by atoms with Crippen LogP contribution in [0.1, 0.15) is 28.4 Å². The minimum absolute atomic E-state index is 0.0390. The molecule has 2 N–H and O–H groups in total. The van der Waals surface area contributed by atoms with Crippen molar-refractivity contribution < 1.29 is 9.53 Å². The van der Waals surface area contributed by atoms with Crippen LogP contribution in [0.2, 0.25) is 0 Å². The van der Waals surface area contributed by atoms with Crippen molar-refractivity contribution in [3.05, 3.63) is 34.9 Å². The van der Waals surface area contributed by atoms with E-state index in [0.717, 1.165) is 16.7 Å². The van der Waals surface area contributed by atoms with Gasteiger partial charge in [0.25, 0.3) is 5.91 Å². The Kier molecular flexibility index (Phi) is 4.22. The predicted molar refractivity (Wildman–Crippen MR) is 75.2 cm³/mol. The lowest BCUT2D eigenvalue weighted by Crippen LogP contribution is -2.51. The number of hydrogen-bond donors (Lipinski definition) is 1. The first-order valence-electron chi connectivity index (χ1n) is 6.72. The average molecular weight is 262 g/mol. The molecule has 1 heterocycles. The van der Waals surface area contributed by atoms with E-state index in [1.807, 2.05) is 37.8 Å². The van der Waals surface area contributed by atoms with Gasteiger partial charge in [0.05, 0.1) is 12.2 Å². The summed E-state index contributed by atoms with van der Waals surface area (Å²) in [5.74, 6) is 0.0698. The Morgan fingerprint density at radius 3 is 2.53 bits per heavy atom. The summed E-state index contributed by atoms with van der Waals surface area (Å²) in [6, 6.07) is 5.95. The first-order chi connectivity index (χ1) is 8.99. The van der Waals surface area contributed by atoms with Gasteiger partial charge in [0, 0.05) is 25.2 Å². The van der Waals surface area contributed by atoms with Gasteiger partial charge in [-0.1, -0.05) is 17.2 Å². The third kappa shape index (κ3) is 3.33. The molecule has 2 rings (SSSR count). The highest BCUT2D eigenvalue weighted by atomic mass is 16.5. The number of benzene rings is 1. The molecule has 2 unspecified atom stereocenters. The fourth-order valence-corrected chi connectivity index (χ4v) is 2.62. The van der Waals surface area contributed by atoms with Crippen molar-refractivity contribution in [2.75, 3.05) is 19.6 Å². The summed E-state index contributed by atoms with van der Waals surface area (Å²) in [6.45, 7) is 7.64. The molecule has 0 aliphatic carbocycles. The van der Waals surface area contributed by atoms with Gasteiger partial charge in [0.1, 0.15) is 0 Å². The van der Waals surface area contributed by atoms with Gasteiger partial charge in [-0.05, 0) is 32.9 Å². The van der Waals surface area contributed by atoms with Crippen LogP contribution in [0.5, 0.6) is 0 Å². The monoisotopic (exact) mass is 262 g/mol. The van der Waals surface area contributed by atoms with Crippen molar-refractivity contribution in [3.63, 3.8) is 0 Å². The van der Waals surface area contributed by atoms with Crippen molar-refractivity contribution in [2.24, 2.45) is 5.73 Å². The second-order valence-electron chi connectivity index (χ2n) is 5.39. The zero-order valence-corrected chi connectivity index (χ0v) is 11.8. The van der Waals surface area contributed by atoms with Gasteiger partial charge in [-0.15, -0.1) is 0 Å². The topological polar surface area (TPSA) is 55.6 Å². The fraction of sp³-hybridized carbons (Fsp3) is 0.533. The average Bonchev–Trinajstić information content (AvgIpc) is 2.35. The number of hydrogen-bond acceptors (Lipinski definition) is 3. The van der Waals surface area contributed by atoms with Crippen LogP contribution in [-0.2, 0) is 4.74 Å².